The molecule has 0 aromatic heterocycles. The van der Waals surface area contributed by atoms with Gasteiger partial charge in [0.1, 0.15) is 11.5 Å². The number of hydrogen-bond acceptors (Lipinski definition) is 2. The van der Waals surface area contributed by atoms with Crippen LogP contribution in [-0.4, -0.2) is 5.78 Å². The molecule has 3 aromatic carbocycles. The van der Waals surface area contributed by atoms with Crippen LogP contribution in [0.3, 0.4) is 0 Å². The molecule has 0 aliphatic heterocycles. The average molecular weight is 343 g/mol. The lowest BCUT2D eigenvalue weighted by Crippen LogP contribution is -2.04. The van der Waals surface area contributed by atoms with Crippen LogP contribution in [0.2, 0.25) is 10.0 Å². The highest BCUT2D eigenvalue weighted by Crippen LogP contribution is 2.30. The van der Waals surface area contributed by atoms with Gasteiger partial charge in [-0.25, -0.2) is 0 Å². The standard InChI is InChI=1S/C19H12Cl2O2/c20-13-10-11-17(21)16(12-13)19(22)15-8-4-5-9-18(15)23-14-6-2-1-3-7-14/h1-12H. The Morgan fingerprint density at radius 1 is 0.783 bits per heavy atom. The van der Waals surface area contributed by atoms with E-state index in [2.05, 4.69) is 0 Å². The minimum absolute atomic E-state index is 0.232. The SMILES string of the molecule is O=C(c1cc(Cl)ccc1Cl)c1ccccc1Oc1ccccc1. The molecule has 4 heteroatoms. The van der Waals surface area contributed by atoms with Crippen LogP contribution < -0.4 is 4.74 Å². The summed E-state index contributed by atoms with van der Waals surface area (Å²) in [5.41, 5.74) is 0.781. The summed E-state index contributed by atoms with van der Waals surface area (Å²) in [6, 6.07) is 21.2. The lowest BCUT2D eigenvalue weighted by Gasteiger charge is -2.11. The van der Waals surface area contributed by atoms with Crippen molar-refractivity contribution >= 4 is 29.0 Å². The Bertz CT molecular complexity index is 845. The maximum atomic E-state index is 12.8. The van der Waals surface area contributed by atoms with Gasteiger partial charge in [-0.3, -0.25) is 4.79 Å². The molecular weight excluding hydrogens is 331 g/mol. The van der Waals surface area contributed by atoms with Crippen LogP contribution in [0.15, 0.2) is 72.8 Å². The molecule has 0 saturated heterocycles. The Kier molecular flexibility index (Phi) is 4.65. The second kappa shape index (κ2) is 6.86. The highest BCUT2D eigenvalue weighted by atomic mass is 35.5. The number of ether oxygens (including phenoxy) is 1. The summed E-state index contributed by atoms with van der Waals surface area (Å²) < 4.78 is 5.83. The first kappa shape index (κ1) is 15.6. The van der Waals surface area contributed by atoms with Gasteiger partial charge in [-0.05, 0) is 42.5 Å². The van der Waals surface area contributed by atoms with Crippen molar-refractivity contribution in [1.82, 2.24) is 0 Å². The number of halogens is 2. The van der Waals surface area contributed by atoms with Gasteiger partial charge in [-0.1, -0.05) is 53.5 Å². The number of carbonyl (C=O) groups is 1. The number of carbonyl (C=O) groups excluding carboxylic acids is 1. The molecule has 0 spiro atoms. The number of rotatable bonds is 4. The Morgan fingerprint density at radius 2 is 1.48 bits per heavy atom. The van der Waals surface area contributed by atoms with Gasteiger partial charge in [-0.2, -0.15) is 0 Å². The third-order valence-electron chi connectivity index (χ3n) is 3.28. The number of benzene rings is 3. The van der Waals surface area contributed by atoms with E-state index in [0.717, 1.165) is 0 Å². The Morgan fingerprint density at radius 3 is 2.26 bits per heavy atom. The highest BCUT2D eigenvalue weighted by molar-refractivity contribution is 6.36. The molecule has 3 aromatic rings. The molecule has 0 amide bonds. The number of para-hydroxylation sites is 2. The molecule has 0 fully saturated rings. The van der Waals surface area contributed by atoms with Gasteiger partial charge in [-0.15, -0.1) is 0 Å². The van der Waals surface area contributed by atoms with E-state index in [0.29, 0.717) is 32.7 Å². The maximum Gasteiger partial charge on any atom is 0.198 e. The fourth-order valence-corrected chi connectivity index (χ4v) is 2.55. The molecule has 0 bridgehead atoms. The molecule has 0 aliphatic rings. The first-order valence-electron chi connectivity index (χ1n) is 6.97. The third-order valence-corrected chi connectivity index (χ3v) is 3.84. The molecule has 0 heterocycles. The first-order valence-corrected chi connectivity index (χ1v) is 7.72. The Labute approximate surface area is 144 Å². The van der Waals surface area contributed by atoms with Crippen molar-refractivity contribution in [3.8, 4) is 11.5 Å². The summed E-state index contributed by atoms with van der Waals surface area (Å²) in [6.07, 6.45) is 0. The molecule has 0 atom stereocenters. The first-order chi connectivity index (χ1) is 11.1. The van der Waals surface area contributed by atoms with Crippen molar-refractivity contribution in [3.05, 3.63) is 94.0 Å². The Balaban J connectivity index is 2.00. The van der Waals surface area contributed by atoms with Gasteiger partial charge >= 0.3 is 0 Å². The van der Waals surface area contributed by atoms with Gasteiger partial charge < -0.3 is 4.74 Å². The molecule has 0 saturated carbocycles. The molecule has 2 nitrogen and oxygen atoms in total. The van der Waals surface area contributed by atoms with Gasteiger partial charge in [0.25, 0.3) is 0 Å². The molecule has 3 rings (SSSR count). The number of ketones is 1. The van der Waals surface area contributed by atoms with Gasteiger partial charge in [0.15, 0.2) is 5.78 Å². The molecule has 114 valence electrons. The predicted octanol–water partition coefficient (Wildman–Crippen LogP) is 6.02. The zero-order valence-corrected chi connectivity index (χ0v) is 13.5. The number of hydrogen-bond donors (Lipinski definition) is 0. The second-order valence-electron chi connectivity index (χ2n) is 4.86. The highest BCUT2D eigenvalue weighted by Gasteiger charge is 2.18. The summed E-state index contributed by atoms with van der Waals surface area (Å²) in [5.74, 6) is 0.897. The quantitative estimate of drug-likeness (QED) is 0.542. The van der Waals surface area contributed by atoms with Gasteiger partial charge in [0, 0.05) is 10.6 Å². The van der Waals surface area contributed by atoms with E-state index in [4.69, 9.17) is 27.9 Å². The normalized spacial score (nSPS) is 10.3. The lowest BCUT2D eigenvalue weighted by molar-refractivity contribution is 0.103. The summed E-state index contributed by atoms with van der Waals surface area (Å²) in [7, 11) is 0. The van der Waals surface area contributed by atoms with Crippen molar-refractivity contribution in [2.24, 2.45) is 0 Å². The minimum atomic E-state index is -0.232. The summed E-state index contributed by atoms with van der Waals surface area (Å²) in [6.45, 7) is 0. The van der Waals surface area contributed by atoms with Crippen LogP contribution in [-0.2, 0) is 0 Å². The van der Waals surface area contributed by atoms with E-state index in [1.54, 1.807) is 36.4 Å². The topological polar surface area (TPSA) is 26.3 Å². The van der Waals surface area contributed by atoms with Crippen LogP contribution in [0, 0.1) is 0 Å². The van der Waals surface area contributed by atoms with E-state index in [9.17, 15) is 4.79 Å². The van der Waals surface area contributed by atoms with E-state index >= 15 is 0 Å². The molecule has 0 N–H and O–H groups in total. The van der Waals surface area contributed by atoms with Crippen molar-refractivity contribution in [1.29, 1.82) is 0 Å². The van der Waals surface area contributed by atoms with Crippen LogP contribution in [0.4, 0.5) is 0 Å². The third kappa shape index (κ3) is 3.55. The lowest BCUT2D eigenvalue weighted by atomic mass is 10.0. The smallest absolute Gasteiger partial charge is 0.198 e. The fourth-order valence-electron chi connectivity index (χ4n) is 2.18. The average Bonchev–Trinajstić information content (AvgIpc) is 2.58. The predicted molar refractivity (Wildman–Crippen MR) is 92.9 cm³/mol. The zero-order valence-electron chi connectivity index (χ0n) is 12.0. The van der Waals surface area contributed by atoms with Crippen LogP contribution in [0.5, 0.6) is 11.5 Å². The van der Waals surface area contributed by atoms with Gasteiger partial charge in [0.2, 0.25) is 0 Å². The summed E-state index contributed by atoms with van der Waals surface area (Å²) >= 11 is 12.1. The molecule has 0 radical (unpaired) electrons. The Hall–Kier alpha value is -2.29. The van der Waals surface area contributed by atoms with E-state index in [1.165, 1.54) is 0 Å². The van der Waals surface area contributed by atoms with Crippen LogP contribution in [0.1, 0.15) is 15.9 Å². The van der Waals surface area contributed by atoms with E-state index in [1.807, 2.05) is 36.4 Å². The summed E-state index contributed by atoms with van der Waals surface area (Å²) in [5, 5.41) is 0.813. The fraction of sp³-hybridized carbons (Fsp3) is 0. The minimum Gasteiger partial charge on any atom is -0.457 e. The molecule has 23 heavy (non-hydrogen) atoms. The van der Waals surface area contributed by atoms with Crippen molar-refractivity contribution < 1.29 is 9.53 Å². The van der Waals surface area contributed by atoms with E-state index < -0.39 is 0 Å². The van der Waals surface area contributed by atoms with Crippen molar-refractivity contribution in [2.45, 2.75) is 0 Å². The zero-order chi connectivity index (χ0) is 16.2. The molecule has 0 unspecified atom stereocenters. The van der Waals surface area contributed by atoms with Crippen molar-refractivity contribution in [3.63, 3.8) is 0 Å². The van der Waals surface area contributed by atoms with Gasteiger partial charge in [0.05, 0.1) is 10.6 Å². The molecular formula is C19H12Cl2O2. The monoisotopic (exact) mass is 342 g/mol. The van der Waals surface area contributed by atoms with Crippen molar-refractivity contribution in [2.75, 3.05) is 0 Å². The maximum absolute atomic E-state index is 12.8. The molecule has 0 aliphatic carbocycles. The summed E-state index contributed by atoms with van der Waals surface area (Å²) in [4.78, 5) is 12.8. The van der Waals surface area contributed by atoms with Crippen LogP contribution >= 0.6 is 23.2 Å². The second-order valence-corrected chi connectivity index (χ2v) is 5.71. The largest absolute Gasteiger partial charge is 0.457 e. The van der Waals surface area contributed by atoms with Crippen LogP contribution in [0.25, 0.3) is 0 Å². The van der Waals surface area contributed by atoms with E-state index in [-0.39, 0.29) is 5.78 Å².